The van der Waals surface area contributed by atoms with Crippen molar-refractivity contribution in [2.24, 2.45) is 0 Å². The molecule has 0 aliphatic rings. The van der Waals surface area contributed by atoms with Gasteiger partial charge in [0.2, 0.25) is 0 Å². The first-order valence-corrected chi connectivity index (χ1v) is 14.9. The van der Waals surface area contributed by atoms with Gasteiger partial charge < -0.3 is 0 Å². The first-order chi connectivity index (χ1) is 21.7. The second kappa shape index (κ2) is 13.5. The highest BCUT2D eigenvalue weighted by Crippen LogP contribution is 2.30. The molecule has 0 spiro atoms. The molecule has 0 bridgehead atoms. The van der Waals surface area contributed by atoms with E-state index < -0.39 is 0 Å². The van der Waals surface area contributed by atoms with E-state index >= 15 is 0 Å². The fourth-order valence-electron chi connectivity index (χ4n) is 5.38. The molecule has 0 nitrogen and oxygen atoms in total. The summed E-state index contributed by atoms with van der Waals surface area (Å²) in [7, 11) is 0. The molecule has 0 aromatic heterocycles. The molecule has 0 heteroatoms. The van der Waals surface area contributed by atoms with E-state index in [4.69, 9.17) is 0 Å². The Bertz CT molecular complexity index is 1750. The van der Waals surface area contributed by atoms with E-state index in [0.717, 1.165) is 22.3 Å². The molecule has 0 saturated carbocycles. The summed E-state index contributed by atoms with van der Waals surface area (Å²) in [6, 6.07) is 55.9. The van der Waals surface area contributed by atoms with E-state index in [1.54, 1.807) is 0 Å². The maximum Gasteiger partial charge on any atom is -0.0105 e. The lowest BCUT2D eigenvalue weighted by Crippen LogP contribution is -1.89. The van der Waals surface area contributed by atoms with Gasteiger partial charge in [0.25, 0.3) is 0 Å². The Morgan fingerprint density at radius 3 is 0.932 bits per heavy atom. The van der Waals surface area contributed by atoms with Gasteiger partial charge in [-0.1, -0.05) is 183 Å². The van der Waals surface area contributed by atoms with Crippen molar-refractivity contribution in [3.8, 4) is 11.1 Å². The van der Waals surface area contributed by atoms with E-state index in [2.05, 4.69) is 183 Å². The third-order valence-corrected chi connectivity index (χ3v) is 7.86. The fraction of sp³-hybridized carbons (Fsp3) is 0. The lowest BCUT2D eigenvalue weighted by atomic mass is 9.93. The highest BCUT2D eigenvalue weighted by molar-refractivity contribution is 5.93. The summed E-state index contributed by atoms with van der Waals surface area (Å²) in [4.78, 5) is 0. The summed E-state index contributed by atoms with van der Waals surface area (Å²) in [5.41, 5.74) is 14.1. The minimum Gasteiger partial charge on any atom is -0.0985 e. The van der Waals surface area contributed by atoms with E-state index in [1.807, 2.05) is 12.2 Å². The van der Waals surface area contributed by atoms with Gasteiger partial charge in [0.05, 0.1) is 0 Å². The zero-order chi connectivity index (χ0) is 30.1. The van der Waals surface area contributed by atoms with E-state index in [1.165, 1.54) is 44.5 Å². The molecule has 0 aliphatic heterocycles. The van der Waals surface area contributed by atoms with Crippen LogP contribution in [0.3, 0.4) is 0 Å². The van der Waals surface area contributed by atoms with Gasteiger partial charge in [-0.2, -0.15) is 0 Å². The standard InChI is InChI=1S/C44H34/c1-3-33-15-27-41(28-16-33)43(39-11-7-5-8-12-39)31-35-19-23-37(24-20-35)38-25-21-36(22-26-38)32-44(40-13-9-6-10-14-40)42-29-17-34(4-2)18-30-42/h3-32H,1-2H2. The molecule has 0 N–H and O–H groups in total. The van der Waals surface area contributed by atoms with Crippen LogP contribution in [0, 0.1) is 0 Å². The molecule has 6 aromatic rings. The zero-order valence-electron chi connectivity index (χ0n) is 24.7. The van der Waals surface area contributed by atoms with Crippen LogP contribution in [0.25, 0.3) is 46.6 Å². The van der Waals surface area contributed by atoms with E-state index in [-0.39, 0.29) is 0 Å². The predicted molar refractivity (Wildman–Crippen MR) is 192 cm³/mol. The molecule has 6 rings (SSSR count). The van der Waals surface area contributed by atoms with Gasteiger partial charge in [-0.25, -0.2) is 0 Å². The Labute approximate surface area is 261 Å². The number of rotatable bonds is 9. The molecule has 0 unspecified atom stereocenters. The maximum atomic E-state index is 3.89. The third kappa shape index (κ3) is 6.67. The Morgan fingerprint density at radius 2 is 0.614 bits per heavy atom. The molecule has 210 valence electrons. The summed E-state index contributed by atoms with van der Waals surface area (Å²) in [5, 5.41) is 0. The van der Waals surface area contributed by atoms with Crippen LogP contribution in [0.5, 0.6) is 0 Å². The van der Waals surface area contributed by atoms with Crippen molar-refractivity contribution in [1.29, 1.82) is 0 Å². The van der Waals surface area contributed by atoms with Crippen molar-refractivity contribution in [1.82, 2.24) is 0 Å². The van der Waals surface area contributed by atoms with Crippen molar-refractivity contribution < 1.29 is 0 Å². The van der Waals surface area contributed by atoms with E-state index in [0.29, 0.717) is 0 Å². The minimum absolute atomic E-state index is 1.12. The number of benzene rings is 6. The smallest absolute Gasteiger partial charge is 0.0105 e. The summed E-state index contributed by atoms with van der Waals surface area (Å²) < 4.78 is 0. The van der Waals surface area contributed by atoms with Gasteiger partial charge in [-0.05, 0) is 78.9 Å². The van der Waals surface area contributed by atoms with Crippen LogP contribution in [-0.2, 0) is 0 Å². The van der Waals surface area contributed by atoms with Crippen LogP contribution in [0.2, 0.25) is 0 Å². The number of hydrogen-bond acceptors (Lipinski definition) is 0. The molecule has 0 heterocycles. The fourth-order valence-corrected chi connectivity index (χ4v) is 5.38. The Morgan fingerprint density at radius 1 is 0.318 bits per heavy atom. The van der Waals surface area contributed by atoms with Gasteiger partial charge in [0.1, 0.15) is 0 Å². The average Bonchev–Trinajstić information content (AvgIpc) is 3.11. The van der Waals surface area contributed by atoms with Crippen LogP contribution in [-0.4, -0.2) is 0 Å². The lowest BCUT2D eigenvalue weighted by Gasteiger charge is -2.11. The SMILES string of the molecule is C=Cc1ccc(C(=Cc2ccc(-c3ccc(C=C(c4ccccc4)c4ccc(C=C)cc4)cc3)cc2)c2ccccc2)cc1. The first kappa shape index (κ1) is 28.4. The largest absolute Gasteiger partial charge is 0.0985 e. The minimum atomic E-state index is 1.12. The molecule has 0 aliphatic carbocycles. The molecular formula is C44H34. The van der Waals surface area contributed by atoms with Gasteiger partial charge in [0, 0.05) is 0 Å². The first-order valence-electron chi connectivity index (χ1n) is 14.9. The zero-order valence-corrected chi connectivity index (χ0v) is 24.7. The Balaban J connectivity index is 1.28. The summed E-state index contributed by atoms with van der Waals surface area (Å²) in [5.74, 6) is 0. The third-order valence-electron chi connectivity index (χ3n) is 7.86. The van der Waals surface area contributed by atoms with Crippen LogP contribution in [0.4, 0.5) is 0 Å². The monoisotopic (exact) mass is 562 g/mol. The van der Waals surface area contributed by atoms with Crippen molar-refractivity contribution in [3.63, 3.8) is 0 Å². The molecule has 0 saturated heterocycles. The predicted octanol–water partition coefficient (Wildman–Crippen LogP) is 11.8. The highest BCUT2D eigenvalue weighted by Gasteiger charge is 2.08. The van der Waals surface area contributed by atoms with Crippen LogP contribution in [0.1, 0.15) is 44.5 Å². The molecular weight excluding hydrogens is 528 g/mol. The molecule has 0 radical (unpaired) electrons. The van der Waals surface area contributed by atoms with Crippen molar-refractivity contribution in [3.05, 3.63) is 215 Å². The highest BCUT2D eigenvalue weighted by atomic mass is 14.1. The van der Waals surface area contributed by atoms with Crippen molar-refractivity contribution in [2.75, 3.05) is 0 Å². The van der Waals surface area contributed by atoms with Gasteiger partial charge in [-0.15, -0.1) is 0 Å². The summed E-state index contributed by atoms with van der Waals surface area (Å²) in [6.07, 6.45) is 8.29. The van der Waals surface area contributed by atoms with Crippen LogP contribution in [0.15, 0.2) is 171 Å². The number of hydrogen-bond donors (Lipinski definition) is 0. The quantitative estimate of drug-likeness (QED) is 0.154. The Kier molecular flexibility index (Phi) is 8.72. The maximum absolute atomic E-state index is 3.89. The lowest BCUT2D eigenvalue weighted by molar-refractivity contribution is 1.53. The molecule has 6 aromatic carbocycles. The molecule has 0 atom stereocenters. The van der Waals surface area contributed by atoms with E-state index in [9.17, 15) is 0 Å². The summed E-state index contributed by atoms with van der Waals surface area (Å²) in [6.45, 7) is 7.78. The van der Waals surface area contributed by atoms with Gasteiger partial charge in [0.15, 0.2) is 0 Å². The second-order valence-corrected chi connectivity index (χ2v) is 10.7. The average molecular weight is 563 g/mol. The van der Waals surface area contributed by atoms with Crippen molar-refractivity contribution in [2.45, 2.75) is 0 Å². The molecule has 44 heavy (non-hydrogen) atoms. The second-order valence-electron chi connectivity index (χ2n) is 10.7. The van der Waals surface area contributed by atoms with Crippen molar-refractivity contribution >= 4 is 35.5 Å². The topological polar surface area (TPSA) is 0 Å². The summed E-state index contributed by atoms with van der Waals surface area (Å²) >= 11 is 0. The van der Waals surface area contributed by atoms with Gasteiger partial charge >= 0.3 is 0 Å². The van der Waals surface area contributed by atoms with Crippen LogP contribution >= 0.6 is 0 Å². The normalized spacial score (nSPS) is 11.6. The van der Waals surface area contributed by atoms with Gasteiger partial charge in [-0.3, -0.25) is 0 Å². The molecule has 0 amide bonds. The Hall–Kier alpha value is -5.72. The van der Waals surface area contributed by atoms with Crippen LogP contribution < -0.4 is 0 Å². The molecule has 0 fully saturated rings.